The summed E-state index contributed by atoms with van der Waals surface area (Å²) in [6.07, 6.45) is 2.67. The van der Waals surface area contributed by atoms with Crippen molar-refractivity contribution < 1.29 is 14.6 Å². The fourth-order valence-corrected chi connectivity index (χ4v) is 3.07. The first-order chi connectivity index (χ1) is 11.1. The average molecular weight is 318 g/mol. The lowest BCUT2D eigenvalue weighted by molar-refractivity contribution is -0.126. The standard InChI is InChI=1S/C18H26N2O3/c1-12(20(2)11-16(21)13-7-8-13)18(22)19-15-9-10-23-17-6-4-3-5-14(15)17/h3-6,12-13,15-16,21H,7-11H2,1-2H3,(H,19,22). The van der Waals surface area contributed by atoms with Gasteiger partial charge in [0.25, 0.3) is 0 Å². The van der Waals surface area contributed by atoms with Crippen LogP contribution in [0.2, 0.25) is 0 Å². The van der Waals surface area contributed by atoms with Gasteiger partial charge in [0.1, 0.15) is 5.75 Å². The van der Waals surface area contributed by atoms with Crippen LogP contribution in [0.25, 0.3) is 0 Å². The summed E-state index contributed by atoms with van der Waals surface area (Å²) in [4.78, 5) is 14.5. The zero-order valence-corrected chi connectivity index (χ0v) is 13.9. The third-order valence-corrected chi connectivity index (χ3v) is 4.96. The number of likely N-dealkylation sites (N-methyl/N-ethyl adjacent to an activating group) is 1. The van der Waals surface area contributed by atoms with Gasteiger partial charge in [0.15, 0.2) is 0 Å². The van der Waals surface area contributed by atoms with E-state index in [-0.39, 0.29) is 24.1 Å². The van der Waals surface area contributed by atoms with E-state index in [1.807, 2.05) is 43.1 Å². The first-order valence-corrected chi connectivity index (χ1v) is 8.46. The molecule has 1 aliphatic heterocycles. The number of aliphatic hydroxyl groups excluding tert-OH is 1. The fourth-order valence-electron chi connectivity index (χ4n) is 3.07. The highest BCUT2D eigenvalue weighted by Crippen LogP contribution is 2.33. The van der Waals surface area contributed by atoms with Crippen LogP contribution in [0.1, 0.15) is 37.8 Å². The van der Waals surface area contributed by atoms with E-state index >= 15 is 0 Å². The lowest BCUT2D eigenvalue weighted by atomic mass is 10.00. The first-order valence-electron chi connectivity index (χ1n) is 8.46. The lowest BCUT2D eigenvalue weighted by Gasteiger charge is -2.30. The summed E-state index contributed by atoms with van der Waals surface area (Å²) < 4.78 is 5.63. The van der Waals surface area contributed by atoms with Gasteiger partial charge in [-0.1, -0.05) is 18.2 Å². The zero-order valence-electron chi connectivity index (χ0n) is 13.9. The Morgan fingerprint density at radius 2 is 2.13 bits per heavy atom. The normalized spacial score (nSPS) is 22.9. The topological polar surface area (TPSA) is 61.8 Å². The van der Waals surface area contributed by atoms with Crippen LogP contribution in [0.3, 0.4) is 0 Å². The molecular formula is C18H26N2O3. The van der Waals surface area contributed by atoms with Crippen molar-refractivity contribution in [1.29, 1.82) is 0 Å². The number of nitrogens with zero attached hydrogens (tertiary/aromatic N) is 1. The van der Waals surface area contributed by atoms with Crippen molar-refractivity contribution in [3.63, 3.8) is 0 Å². The van der Waals surface area contributed by atoms with Crippen molar-refractivity contribution in [3.8, 4) is 5.75 Å². The van der Waals surface area contributed by atoms with Crippen LogP contribution in [-0.2, 0) is 4.79 Å². The van der Waals surface area contributed by atoms with E-state index in [1.165, 1.54) is 0 Å². The summed E-state index contributed by atoms with van der Waals surface area (Å²) in [7, 11) is 1.90. The predicted molar refractivity (Wildman–Crippen MR) is 88.3 cm³/mol. The Hall–Kier alpha value is -1.59. The Bertz CT molecular complexity index is 559. The van der Waals surface area contributed by atoms with Crippen LogP contribution < -0.4 is 10.1 Å². The molecule has 5 nitrogen and oxygen atoms in total. The largest absolute Gasteiger partial charge is 0.493 e. The average Bonchev–Trinajstić information content (AvgIpc) is 3.39. The number of hydrogen-bond acceptors (Lipinski definition) is 4. The summed E-state index contributed by atoms with van der Waals surface area (Å²) >= 11 is 0. The van der Waals surface area contributed by atoms with Crippen LogP contribution in [0, 0.1) is 5.92 Å². The van der Waals surface area contributed by atoms with Crippen molar-refractivity contribution in [2.75, 3.05) is 20.2 Å². The maximum atomic E-state index is 12.6. The van der Waals surface area contributed by atoms with Gasteiger partial charge in [0.2, 0.25) is 5.91 Å². The number of rotatable bonds is 6. The molecule has 1 aliphatic carbocycles. The third kappa shape index (κ3) is 3.85. The zero-order chi connectivity index (χ0) is 16.4. The number of para-hydroxylation sites is 1. The molecule has 1 heterocycles. The predicted octanol–water partition coefficient (Wildman–Crippen LogP) is 1.72. The van der Waals surface area contributed by atoms with E-state index in [2.05, 4.69) is 5.32 Å². The van der Waals surface area contributed by atoms with Crippen molar-refractivity contribution in [2.45, 2.75) is 44.4 Å². The molecule has 0 spiro atoms. The van der Waals surface area contributed by atoms with E-state index in [0.717, 1.165) is 30.6 Å². The molecule has 3 rings (SSSR count). The summed E-state index contributed by atoms with van der Waals surface area (Å²) in [5.41, 5.74) is 1.04. The van der Waals surface area contributed by atoms with Gasteiger partial charge in [-0.2, -0.15) is 0 Å². The number of carbonyl (C=O) groups excluding carboxylic acids is 1. The van der Waals surface area contributed by atoms with Gasteiger partial charge < -0.3 is 15.2 Å². The highest BCUT2D eigenvalue weighted by Gasteiger charge is 2.32. The molecule has 3 atom stereocenters. The number of carbonyl (C=O) groups is 1. The number of fused-ring (bicyclic) bond motifs is 1. The maximum Gasteiger partial charge on any atom is 0.237 e. The highest BCUT2D eigenvalue weighted by atomic mass is 16.5. The smallest absolute Gasteiger partial charge is 0.237 e. The Morgan fingerprint density at radius 3 is 2.87 bits per heavy atom. The number of hydrogen-bond donors (Lipinski definition) is 2. The molecule has 1 amide bonds. The molecule has 2 N–H and O–H groups in total. The minimum Gasteiger partial charge on any atom is -0.493 e. The van der Waals surface area contributed by atoms with Crippen LogP contribution >= 0.6 is 0 Å². The third-order valence-electron chi connectivity index (χ3n) is 4.96. The molecular weight excluding hydrogens is 292 g/mol. The van der Waals surface area contributed by atoms with Crippen molar-refractivity contribution in [3.05, 3.63) is 29.8 Å². The molecule has 0 radical (unpaired) electrons. The Kier molecular flexibility index (Phi) is 4.87. The maximum absolute atomic E-state index is 12.6. The number of amides is 1. The van der Waals surface area contributed by atoms with E-state index in [9.17, 15) is 9.90 Å². The van der Waals surface area contributed by atoms with Gasteiger partial charge in [-0.05, 0) is 38.8 Å². The highest BCUT2D eigenvalue weighted by molar-refractivity contribution is 5.81. The van der Waals surface area contributed by atoms with E-state index in [1.54, 1.807) is 0 Å². The SMILES string of the molecule is CC(C(=O)NC1CCOc2ccccc21)N(C)CC(O)C1CC1. The molecule has 126 valence electrons. The molecule has 1 saturated carbocycles. The van der Waals surface area contributed by atoms with Gasteiger partial charge in [0, 0.05) is 18.5 Å². The van der Waals surface area contributed by atoms with Crippen molar-refractivity contribution in [2.24, 2.45) is 5.92 Å². The molecule has 0 aromatic heterocycles. The molecule has 3 unspecified atom stereocenters. The molecule has 23 heavy (non-hydrogen) atoms. The Morgan fingerprint density at radius 1 is 1.39 bits per heavy atom. The van der Waals surface area contributed by atoms with Crippen LogP contribution in [0.15, 0.2) is 24.3 Å². The number of nitrogens with one attached hydrogen (secondary N) is 1. The number of benzene rings is 1. The van der Waals surface area contributed by atoms with Gasteiger partial charge >= 0.3 is 0 Å². The monoisotopic (exact) mass is 318 g/mol. The molecule has 0 saturated heterocycles. The quantitative estimate of drug-likeness (QED) is 0.838. The lowest BCUT2D eigenvalue weighted by Crippen LogP contribution is -2.47. The summed E-state index contributed by atoms with van der Waals surface area (Å²) in [5.74, 6) is 1.28. The number of ether oxygens (including phenoxy) is 1. The van der Waals surface area contributed by atoms with Gasteiger partial charge in [0.05, 0.1) is 24.8 Å². The molecule has 0 bridgehead atoms. The molecule has 5 heteroatoms. The number of aliphatic hydroxyl groups is 1. The Labute approximate surface area is 137 Å². The molecule has 2 aliphatic rings. The second kappa shape index (κ2) is 6.89. The molecule has 1 fully saturated rings. The fraction of sp³-hybridized carbons (Fsp3) is 0.611. The van der Waals surface area contributed by atoms with E-state index < -0.39 is 0 Å². The van der Waals surface area contributed by atoms with Gasteiger partial charge in [-0.3, -0.25) is 9.69 Å². The van der Waals surface area contributed by atoms with Gasteiger partial charge in [-0.25, -0.2) is 0 Å². The minimum atomic E-state index is -0.320. The van der Waals surface area contributed by atoms with Gasteiger partial charge in [-0.15, -0.1) is 0 Å². The van der Waals surface area contributed by atoms with E-state index in [0.29, 0.717) is 19.1 Å². The van der Waals surface area contributed by atoms with E-state index in [4.69, 9.17) is 4.74 Å². The summed E-state index contributed by atoms with van der Waals surface area (Å²) in [5, 5.41) is 13.2. The second-order valence-corrected chi connectivity index (χ2v) is 6.76. The molecule has 1 aromatic rings. The Balaban J connectivity index is 1.58. The minimum absolute atomic E-state index is 0.00259. The van der Waals surface area contributed by atoms with Crippen LogP contribution in [0.4, 0.5) is 0 Å². The van der Waals surface area contributed by atoms with Crippen LogP contribution in [0.5, 0.6) is 5.75 Å². The summed E-state index contributed by atoms with van der Waals surface area (Å²) in [6.45, 7) is 3.05. The molecule has 1 aromatic carbocycles. The van der Waals surface area contributed by atoms with Crippen LogP contribution in [-0.4, -0.2) is 48.3 Å². The second-order valence-electron chi connectivity index (χ2n) is 6.76. The first kappa shape index (κ1) is 16.3. The van der Waals surface area contributed by atoms with Crippen molar-refractivity contribution in [1.82, 2.24) is 10.2 Å². The summed E-state index contributed by atoms with van der Waals surface area (Å²) in [6, 6.07) is 7.59. The van der Waals surface area contributed by atoms with Crippen molar-refractivity contribution >= 4 is 5.91 Å².